The lowest BCUT2D eigenvalue weighted by molar-refractivity contribution is 0.102. The van der Waals surface area contributed by atoms with Crippen molar-refractivity contribution in [3.05, 3.63) is 64.1 Å². The first-order valence-corrected chi connectivity index (χ1v) is 6.93. The Labute approximate surface area is 123 Å². The van der Waals surface area contributed by atoms with E-state index >= 15 is 0 Å². The Kier molecular flexibility index (Phi) is 4.90. The number of nitrogens with one attached hydrogen (secondary N) is 3. The average Bonchev–Trinajstić information content (AvgIpc) is 2.48. The zero-order valence-corrected chi connectivity index (χ0v) is 12.1. The van der Waals surface area contributed by atoms with Gasteiger partial charge >= 0.3 is 0 Å². The Morgan fingerprint density at radius 2 is 2.14 bits per heavy atom. The van der Waals surface area contributed by atoms with Gasteiger partial charge in [-0.2, -0.15) is 0 Å². The third-order valence-corrected chi connectivity index (χ3v) is 3.22. The number of benzene rings is 1. The van der Waals surface area contributed by atoms with E-state index < -0.39 is 5.91 Å². The normalized spacial score (nSPS) is 11.9. The Hall–Kier alpha value is -2.40. The van der Waals surface area contributed by atoms with Gasteiger partial charge in [0.25, 0.3) is 5.91 Å². The van der Waals surface area contributed by atoms with Crippen molar-refractivity contribution in [2.24, 2.45) is 0 Å². The van der Waals surface area contributed by atoms with Crippen LogP contribution in [-0.2, 0) is 0 Å². The summed E-state index contributed by atoms with van der Waals surface area (Å²) >= 11 is 0. The second-order valence-corrected chi connectivity index (χ2v) is 4.78. The van der Waals surface area contributed by atoms with Crippen LogP contribution in [-0.4, -0.2) is 17.4 Å². The number of carbonyl (C=O) groups is 1. The minimum Gasteiger partial charge on any atom is -0.367 e. The molecule has 110 valence electrons. The summed E-state index contributed by atoms with van der Waals surface area (Å²) in [4.78, 5) is 26.5. The van der Waals surface area contributed by atoms with Crippen molar-refractivity contribution < 1.29 is 4.79 Å². The molecule has 21 heavy (non-hydrogen) atoms. The molecule has 0 aliphatic heterocycles. The van der Waals surface area contributed by atoms with Gasteiger partial charge in [0.2, 0.25) is 0 Å². The minimum absolute atomic E-state index is 0.0997. The summed E-state index contributed by atoms with van der Waals surface area (Å²) < 4.78 is 0. The van der Waals surface area contributed by atoms with Crippen molar-refractivity contribution in [1.82, 2.24) is 10.3 Å². The van der Waals surface area contributed by atoms with Crippen LogP contribution in [0.2, 0.25) is 0 Å². The molecule has 0 saturated carbocycles. The topological polar surface area (TPSA) is 74.0 Å². The SMILES string of the molecule is CCNC(C)c1cccc(NC(=O)c2c[nH]ccc2=O)c1. The number of hydrogen-bond donors (Lipinski definition) is 3. The van der Waals surface area contributed by atoms with Crippen LogP contribution < -0.4 is 16.1 Å². The van der Waals surface area contributed by atoms with Crippen LogP contribution in [0.3, 0.4) is 0 Å². The average molecular weight is 285 g/mol. The van der Waals surface area contributed by atoms with Crippen LogP contribution in [0.4, 0.5) is 5.69 Å². The molecule has 3 N–H and O–H groups in total. The van der Waals surface area contributed by atoms with Crippen LogP contribution in [0.5, 0.6) is 0 Å². The Morgan fingerprint density at radius 3 is 2.86 bits per heavy atom. The molecule has 0 bridgehead atoms. The van der Waals surface area contributed by atoms with Crippen LogP contribution in [0.1, 0.15) is 35.8 Å². The number of anilines is 1. The number of aromatic nitrogens is 1. The molecule has 1 unspecified atom stereocenters. The Morgan fingerprint density at radius 1 is 1.33 bits per heavy atom. The van der Waals surface area contributed by atoms with Crippen molar-refractivity contribution in [1.29, 1.82) is 0 Å². The van der Waals surface area contributed by atoms with Gasteiger partial charge in [0, 0.05) is 30.2 Å². The lowest BCUT2D eigenvalue weighted by Gasteiger charge is -2.14. The largest absolute Gasteiger partial charge is 0.367 e. The van der Waals surface area contributed by atoms with E-state index in [1.54, 1.807) is 6.07 Å². The number of rotatable bonds is 5. The van der Waals surface area contributed by atoms with Crippen LogP contribution in [0.15, 0.2) is 47.5 Å². The molecule has 0 spiro atoms. The highest BCUT2D eigenvalue weighted by Crippen LogP contribution is 2.17. The van der Waals surface area contributed by atoms with E-state index in [-0.39, 0.29) is 17.0 Å². The molecule has 1 aromatic carbocycles. The van der Waals surface area contributed by atoms with Gasteiger partial charge in [0.15, 0.2) is 5.43 Å². The van der Waals surface area contributed by atoms with E-state index in [4.69, 9.17) is 0 Å². The summed E-state index contributed by atoms with van der Waals surface area (Å²) in [7, 11) is 0. The van der Waals surface area contributed by atoms with Crippen LogP contribution >= 0.6 is 0 Å². The lowest BCUT2D eigenvalue weighted by atomic mass is 10.1. The summed E-state index contributed by atoms with van der Waals surface area (Å²) in [6.07, 6.45) is 2.90. The molecule has 1 amide bonds. The lowest BCUT2D eigenvalue weighted by Crippen LogP contribution is -2.21. The predicted molar refractivity (Wildman–Crippen MR) is 83.5 cm³/mol. The third-order valence-electron chi connectivity index (χ3n) is 3.22. The summed E-state index contributed by atoms with van der Waals surface area (Å²) in [5, 5.41) is 6.07. The van der Waals surface area contributed by atoms with E-state index in [1.165, 1.54) is 18.5 Å². The van der Waals surface area contributed by atoms with E-state index in [9.17, 15) is 9.59 Å². The van der Waals surface area contributed by atoms with Gasteiger partial charge in [-0.3, -0.25) is 9.59 Å². The fraction of sp³-hybridized carbons (Fsp3) is 0.250. The molecule has 0 fully saturated rings. The minimum atomic E-state index is -0.412. The zero-order chi connectivity index (χ0) is 15.2. The number of hydrogen-bond acceptors (Lipinski definition) is 3. The molecular weight excluding hydrogens is 266 g/mol. The fourth-order valence-electron chi connectivity index (χ4n) is 2.10. The molecule has 1 atom stereocenters. The highest BCUT2D eigenvalue weighted by Gasteiger charge is 2.11. The third kappa shape index (κ3) is 3.79. The second-order valence-electron chi connectivity index (χ2n) is 4.78. The summed E-state index contributed by atoms with van der Waals surface area (Å²) in [5.41, 5.74) is 1.55. The predicted octanol–water partition coefficient (Wildman–Crippen LogP) is 2.30. The van der Waals surface area contributed by atoms with Crippen molar-refractivity contribution in [3.63, 3.8) is 0 Å². The summed E-state index contributed by atoms with van der Waals surface area (Å²) in [6.45, 7) is 4.98. The van der Waals surface area contributed by atoms with Crippen molar-refractivity contribution in [2.45, 2.75) is 19.9 Å². The molecule has 0 radical (unpaired) electrons. The molecule has 2 aromatic rings. The van der Waals surface area contributed by atoms with Gasteiger partial charge < -0.3 is 15.6 Å². The first-order valence-electron chi connectivity index (χ1n) is 6.93. The van der Waals surface area contributed by atoms with Crippen molar-refractivity contribution in [3.8, 4) is 0 Å². The molecule has 0 aliphatic rings. The summed E-state index contributed by atoms with van der Waals surface area (Å²) in [6, 6.07) is 9.12. The maximum Gasteiger partial charge on any atom is 0.261 e. The van der Waals surface area contributed by atoms with Crippen LogP contribution in [0, 0.1) is 0 Å². The zero-order valence-electron chi connectivity index (χ0n) is 12.1. The van der Waals surface area contributed by atoms with Gasteiger partial charge in [0.1, 0.15) is 5.56 Å². The number of amides is 1. The van der Waals surface area contributed by atoms with E-state index in [0.717, 1.165) is 12.1 Å². The number of pyridine rings is 1. The van der Waals surface area contributed by atoms with E-state index in [0.29, 0.717) is 5.69 Å². The maximum absolute atomic E-state index is 12.1. The molecule has 1 heterocycles. The van der Waals surface area contributed by atoms with Gasteiger partial charge in [-0.05, 0) is 31.2 Å². The molecule has 0 aliphatic carbocycles. The highest BCUT2D eigenvalue weighted by molar-refractivity contribution is 6.03. The maximum atomic E-state index is 12.1. The first kappa shape index (κ1) is 15.0. The number of H-pyrrole nitrogens is 1. The monoisotopic (exact) mass is 285 g/mol. The standard InChI is InChI=1S/C16H19N3O2/c1-3-18-11(2)12-5-4-6-13(9-12)19-16(21)14-10-17-8-7-15(14)20/h4-11,18H,3H2,1-2H3,(H,17,20)(H,19,21). The smallest absolute Gasteiger partial charge is 0.261 e. The Bertz CT molecular complexity index is 679. The van der Waals surface area contributed by atoms with E-state index in [2.05, 4.69) is 22.5 Å². The Balaban J connectivity index is 2.17. The first-order chi connectivity index (χ1) is 10.1. The van der Waals surface area contributed by atoms with Gasteiger partial charge in [0.05, 0.1) is 0 Å². The molecular formula is C16H19N3O2. The van der Waals surface area contributed by atoms with Crippen LogP contribution in [0.25, 0.3) is 0 Å². The van der Waals surface area contributed by atoms with Gasteiger partial charge in [-0.25, -0.2) is 0 Å². The van der Waals surface area contributed by atoms with Crippen molar-refractivity contribution in [2.75, 3.05) is 11.9 Å². The molecule has 5 heteroatoms. The fourth-order valence-corrected chi connectivity index (χ4v) is 2.10. The number of aromatic amines is 1. The quantitative estimate of drug-likeness (QED) is 0.789. The van der Waals surface area contributed by atoms with Gasteiger partial charge in [-0.1, -0.05) is 19.1 Å². The molecule has 5 nitrogen and oxygen atoms in total. The molecule has 1 aromatic heterocycles. The molecule has 2 rings (SSSR count). The number of carbonyl (C=O) groups excluding carboxylic acids is 1. The molecule has 0 saturated heterocycles. The summed E-state index contributed by atoms with van der Waals surface area (Å²) in [5.74, 6) is -0.412. The second kappa shape index (κ2) is 6.85. The van der Waals surface area contributed by atoms with Gasteiger partial charge in [-0.15, -0.1) is 0 Å². The highest BCUT2D eigenvalue weighted by atomic mass is 16.2. The van der Waals surface area contributed by atoms with E-state index in [1.807, 2.05) is 25.1 Å². The van der Waals surface area contributed by atoms with Crippen molar-refractivity contribution >= 4 is 11.6 Å².